The molecule has 0 atom stereocenters. The number of hydrogen-bond donors (Lipinski definition) is 0. The van der Waals surface area contributed by atoms with Gasteiger partial charge < -0.3 is 4.90 Å². The molecule has 2 aromatic carbocycles. The Morgan fingerprint density at radius 1 is 1.00 bits per heavy atom. The normalized spacial score (nSPS) is 11.2. The molecule has 1 amide bonds. The van der Waals surface area contributed by atoms with Gasteiger partial charge >= 0.3 is 0 Å². The van der Waals surface area contributed by atoms with Crippen molar-refractivity contribution in [1.29, 1.82) is 0 Å². The van der Waals surface area contributed by atoms with Crippen molar-refractivity contribution in [3.63, 3.8) is 0 Å². The summed E-state index contributed by atoms with van der Waals surface area (Å²) in [5.74, 6) is -0.585. The molecule has 0 N–H and O–H groups in total. The molecule has 0 radical (unpaired) electrons. The van der Waals surface area contributed by atoms with Gasteiger partial charge in [-0.3, -0.25) is 9.78 Å². The molecule has 150 valence electrons. The number of nitrogens with zero attached hydrogens (tertiary/aromatic N) is 2. The van der Waals surface area contributed by atoms with Gasteiger partial charge in [-0.25, -0.2) is 8.42 Å². The average molecular weight is 494 g/mol. The summed E-state index contributed by atoms with van der Waals surface area (Å²) in [6.45, 7) is 0.252. The molecule has 0 aliphatic carbocycles. The first-order valence-corrected chi connectivity index (χ1v) is 11.6. The fourth-order valence-corrected chi connectivity index (χ4v) is 4.33. The second-order valence-electron chi connectivity index (χ2n) is 6.30. The van der Waals surface area contributed by atoms with Crippen LogP contribution in [0.15, 0.2) is 82.3 Å². The number of halogens is 2. The van der Waals surface area contributed by atoms with Gasteiger partial charge in [-0.05, 0) is 60.7 Å². The molecule has 8 heteroatoms. The van der Waals surface area contributed by atoms with E-state index in [-0.39, 0.29) is 29.5 Å². The van der Waals surface area contributed by atoms with E-state index in [0.29, 0.717) is 16.4 Å². The molecule has 0 saturated heterocycles. The van der Waals surface area contributed by atoms with E-state index in [1.807, 2.05) is 24.3 Å². The summed E-state index contributed by atoms with van der Waals surface area (Å²) in [5.41, 5.74) is 1.39. The number of carbonyl (C=O) groups excluding carboxylic acids is 1. The third-order valence-corrected chi connectivity index (χ3v) is 6.76. The molecule has 0 aliphatic heterocycles. The van der Waals surface area contributed by atoms with Crippen LogP contribution in [0, 0.1) is 0 Å². The van der Waals surface area contributed by atoms with Crippen LogP contribution >= 0.6 is 27.5 Å². The molecule has 1 heterocycles. The Labute approximate surface area is 183 Å². The van der Waals surface area contributed by atoms with Crippen LogP contribution in [0.25, 0.3) is 0 Å². The second kappa shape index (κ2) is 9.52. The maximum atomic E-state index is 13.0. The highest BCUT2D eigenvalue weighted by molar-refractivity contribution is 9.10. The number of rotatable bonds is 7. The third kappa shape index (κ3) is 5.88. The molecule has 0 saturated carbocycles. The van der Waals surface area contributed by atoms with Crippen LogP contribution in [0.5, 0.6) is 0 Å². The monoisotopic (exact) mass is 492 g/mol. The van der Waals surface area contributed by atoms with Crippen LogP contribution in [0.3, 0.4) is 0 Å². The topological polar surface area (TPSA) is 67.3 Å². The van der Waals surface area contributed by atoms with Gasteiger partial charge in [0.25, 0.3) is 0 Å². The lowest BCUT2D eigenvalue weighted by molar-refractivity contribution is -0.118. The standard InChI is InChI=1S/C21H18BrClN2O3S/c22-16-4-8-19(9-5-16)25(15-18-3-1-2-13-24-18)21(26)12-14-29(27,28)20-10-6-17(23)7-11-20/h1-11,13H,12,14-15H2. The van der Waals surface area contributed by atoms with E-state index >= 15 is 0 Å². The van der Waals surface area contributed by atoms with E-state index in [1.165, 1.54) is 24.3 Å². The largest absolute Gasteiger partial charge is 0.306 e. The van der Waals surface area contributed by atoms with Crippen LogP contribution in [0.1, 0.15) is 12.1 Å². The number of pyridine rings is 1. The van der Waals surface area contributed by atoms with Crippen molar-refractivity contribution in [3.8, 4) is 0 Å². The Hall–Kier alpha value is -2.22. The van der Waals surface area contributed by atoms with Crippen molar-refractivity contribution in [2.45, 2.75) is 17.9 Å². The SMILES string of the molecule is O=C(CCS(=O)(=O)c1ccc(Cl)cc1)N(Cc1ccccn1)c1ccc(Br)cc1. The van der Waals surface area contributed by atoms with E-state index in [4.69, 9.17) is 11.6 Å². The molecule has 0 unspecified atom stereocenters. The first-order valence-electron chi connectivity index (χ1n) is 8.79. The Kier molecular flexibility index (Phi) is 7.05. The number of amides is 1. The number of hydrogen-bond acceptors (Lipinski definition) is 4. The molecule has 3 rings (SSSR count). The minimum absolute atomic E-state index is 0.145. The lowest BCUT2D eigenvalue weighted by atomic mass is 10.2. The number of carbonyl (C=O) groups is 1. The van der Waals surface area contributed by atoms with E-state index in [2.05, 4.69) is 20.9 Å². The lowest BCUT2D eigenvalue weighted by Gasteiger charge is -2.23. The highest BCUT2D eigenvalue weighted by Crippen LogP contribution is 2.22. The van der Waals surface area contributed by atoms with Crippen LogP contribution in [0.4, 0.5) is 5.69 Å². The Morgan fingerprint density at radius 2 is 1.69 bits per heavy atom. The van der Waals surface area contributed by atoms with E-state index in [1.54, 1.807) is 29.3 Å². The van der Waals surface area contributed by atoms with Gasteiger partial charge in [0.05, 0.1) is 22.9 Å². The molecule has 0 aliphatic rings. The zero-order valence-corrected chi connectivity index (χ0v) is 18.5. The Morgan fingerprint density at radius 3 is 2.31 bits per heavy atom. The van der Waals surface area contributed by atoms with Crippen molar-refractivity contribution < 1.29 is 13.2 Å². The molecule has 0 spiro atoms. The summed E-state index contributed by atoms with van der Waals surface area (Å²) in [4.78, 5) is 18.9. The predicted molar refractivity (Wildman–Crippen MR) is 118 cm³/mol. The number of benzene rings is 2. The highest BCUT2D eigenvalue weighted by Gasteiger charge is 2.21. The van der Waals surface area contributed by atoms with Gasteiger partial charge in [-0.15, -0.1) is 0 Å². The summed E-state index contributed by atoms with van der Waals surface area (Å²) in [6.07, 6.45) is 1.51. The van der Waals surface area contributed by atoms with Crippen LogP contribution < -0.4 is 4.90 Å². The summed E-state index contributed by atoms with van der Waals surface area (Å²) in [6, 6.07) is 18.7. The maximum Gasteiger partial charge on any atom is 0.228 e. The fourth-order valence-electron chi connectivity index (χ4n) is 2.71. The first kappa shape index (κ1) is 21.5. The highest BCUT2D eigenvalue weighted by atomic mass is 79.9. The van der Waals surface area contributed by atoms with Gasteiger partial charge in [0.2, 0.25) is 5.91 Å². The van der Waals surface area contributed by atoms with Crippen LogP contribution in [-0.2, 0) is 21.2 Å². The quantitative estimate of drug-likeness (QED) is 0.470. The van der Waals surface area contributed by atoms with Gasteiger partial charge in [0.15, 0.2) is 9.84 Å². The minimum Gasteiger partial charge on any atom is -0.306 e. The Balaban J connectivity index is 1.78. The molecule has 0 fully saturated rings. The van der Waals surface area contributed by atoms with Crippen molar-refractivity contribution in [2.75, 3.05) is 10.7 Å². The number of aromatic nitrogens is 1. The number of sulfone groups is 1. The molecular weight excluding hydrogens is 476 g/mol. The minimum atomic E-state index is -3.60. The zero-order valence-electron chi connectivity index (χ0n) is 15.3. The van der Waals surface area contributed by atoms with Crippen molar-refractivity contribution >= 4 is 49.0 Å². The van der Waals surface area contributed by atoms with E-state index < -0.39 is 9.84 Å². The molecular formula is C21H18BrClN2O3S. The second-order valence-corrected chi connectivity index (χ2v) is 9.76. The van der Waals surface area contributed by atoms with E-state index in [0.717, 1.165) is 4.47 Å². The third-order valence-electron chi connectivity index (χ3n) is 4.24. The van der Waals surface area contributed by atoms with Gasteiger partial charge in [0.1, 0.15) is 0 Å². The van der Waals surface area contributed by atoms with Crippen LogP contribution in [0.2, 0.25) is 5.02 Å². The van der Waals surface area contributed by atoms with E-state index in [9.17, 15) is 13.2 Å². The summed E-state index contributed by atoms with van der Waals surface area (Å²) < 4.78 is 26.0. The summed E-state index contributed by atoms with van der Waals surface area (Å²) >= 11 is 9.20. The molecule has 3 aromatic rings. The molecule has 5 nitrogen and oxygen atoms in total. The van der Waals surface area contributed by atoms with Crippen molar-refractivity contribution in [3.05, 3.63) is 88.1 Å². The van der Waals surface area contributed by atoms with Crippen molar-refractivity contribution in [1.82, 2.24) is 4.98 Å². The van der Waals surface area contributed by atoms with Crippen molar-refractivity contribution in [2.24, 2.45) is 0 Å². The van der Waals surface area contributed by atoms with Gasteiger partial charge in [0, 0.05) is 27.8 Å². The zero-order chi connectivity index (χ0) is 20.9. The molecule has 29 heavy (non-hydrogen) atoms. The predicted octanol–water partition coefficient (Wildman–Crippen LogP) is 4.89. The lowest BCUT2D eigenvalue weighted by Crippen LogP contribution is -2.32. The van der Waals surface area contributed by atoms with Gasteiger partial charge in [-0.2, -0.15) is 0 Å². The first-order chi connectivity index (χ1) is 13.8. The smallest absolute Gasteiger partial charge is 0.228 e. The van der Waals surface area contributed by atoms with Gasteiger partial charge in [-0.1, -0.05) is 33.6 Å². The summed E-state index contributed by atoms with van der Waals surface area (Å²) in [5, 5.41) is 0.455. The molecule has 0 bridgehead atoms. The average Bonchev–Trinajstić information content (AvgIpc) is 2.72. The van der Waals surface area contributed by atoms with Crippen LogP contribution in [-0.4, -0.2) is 25.1 Å². The Bertz CT molecular complexity index is 1070. The summed E-state index contributed by atoms with van der Waals surface area (Å²) in [7, 11) is -3.60. The maximum absolute atomic E-state index is 13.0. The number of anilines is 1. The molecule has 1 aromatic heterocycles. The fraction of sp³-hybridized carbons (Fsp3) is 0.143.